The minimum Gasteiger partial charge on any atom is -0.497 e. The van der Waals surface area contributed by atoms with Crippen LogP contribution in [0.1, 0.15) is 10.4 Å². The van der Waals surface area contributed by atoms with Crippen LogP contribution in [0.25, 0.3) is 11.1 Å². The molecule has 0 saturated heterocycles. The average Bonchev–Trinajstić information content (AvgIpc) is 2.78. The topological polar surface area (TPSA) is 59.7 Å². The Balaban J connectivity index is 2.50. The maximum atomic E-state index is 10.9. The van der Waals surface area contributed by atoms with E-state index in [1.54, 1.807) is 31.4 Å². The molecule has 0 atom stereocenters. The largest absolute Gasteiger partial charge is 0.497 e. The first-order valence-electron chi connectivity index (χ1n) is 4.66. The van der Waals surface area contributed by atoms with E-state index in [4.69, 9.17) is 14.3 Å². The third kappa shape index (κ3) is 1.77. The van der Waals surface area contributed by atoms with Gasteiger partial charge in [0.2, 0.25) is 0 Å². The van der Waals surface area contributed by atoms with Crippen molar-refractivity contribution in [2.75, 3.05) is 7.11 Å². The Morgan fingerprint density at radius 3 is 2.88 bits per heavy atom. The number of hydrogen-bond donors (Lipinski definition) is 1. The van der Waals surface area contributed by atoms with Crippen LogP contribution >= 0.6 is 0 Å². The van der Waals surface area contributed by atoms with Crippen molar-refractivity contribution in [3.63, 3.8) is 0 Å². The van der Waals surface area contributed by atoms with Crippen LogP contribution in [0.3, 0.4) is 0 Å². The third-order valence-corrected chi connectivity index (χ3v) is 2.27. The predicted octanol–water partition coefficient (Wildman–Crippen LogP) is 2.65. The molecule has 16 heavy (non-hydrogen) atoms. The molecular formula is C12H10O4. The van der Waals surface area contributed by atoms with Crippen LogP contribution in [0.2, 0.25) is 0 Å². The van der Waals surface area contributed by atoms with Crippen molar-refractivity contribution in [3.8, 4) is 16.9 Å². The fourth-order valence-electron chi connectivity index (χ4n) is 1.48. The molecule has 4 heteroatoms. The Morgan fingerprint density at radius 1 is 1.38 bits per heavy atom. The molecule has 0 aliphatic heterocycles. The van der Waals surface area contributed by atoms with Gasteiger partial charge in [0, 0.05) is 5.56 Å². The van der Waals surface area contributed by atoms with E-state index in [2.05, 4.69) is 0 Å². The smallest absolute Gasteiger partial charge is 0.339 e. The lowest BCUT2D eigenvalue weighted by atomic mass is 10.0. The minimum absolute atomic E-state index is 0.147. The van der Waals surface area contributed by atoms with Gasteiger partial charge in [-0.15, -0.1) is 0 Å². The second kappa shape index (κ2) is 4.10. The summed E-state index contributed by atoms with van der Waals surface area (Å²) < 4.78 is 9.99. The van der Waals surface area contributed by atoms with Crippen molar-refractivity contribution in [3.05, 3.63) is 42.4 Å². The van der Waals surface area contributed by atoms with Gasteiger partial charge in [-0.05, 0) is 17.7 Å². The quantitative estimate of drug-likeness (QED) is 0.860. The van der Waals surface area contributed by atoms with E-state index >= 15 is 0 Å². The maximum Gasteiger partial charge on any atom is 0.339 e. The van der Waals surface area contributed by atoms with Crippen LogP contribution in [0.4, 0.5) is 0 Å². The van der Waals surface area contributed by atoms with Crippen molar-refractivity contribution >= 4 is 5.97 Å². The molecule has 0 saturated carbocycles. The number of aromatic carboxylic acids is 1. The van der Waals surface area contributed by atoms with Crippen LogP contribution in [0.15, 0.2) is 41.2 Å². The SMILES string of the molecule is COc1cccc(-c2cocc2C(=O)O)c1. The van der Waals surface area contributed by atoms with Gasteiger partial charge in [0.15, 0.2) is 0 Å². The van der Waals surface area contributed by atoms with Gasteiger partial charge in [-0.2, -0.15) is 0 Å². The monoisotopic (exact) mass is 218 g/mol. The number of carboxylic acids is 1. The second-order valence-corrected chi connectivity index (χ2v) is 3.24. The zero-order valence-electron chi connectivity index (χ0n) is 8.64. The first kappa shape index (κ1) is 10.3. The number of carbonyl (C=O) groups is 1. The normalized spacial score (nSPS) is 10.1. The number of methoxy groups -OCH3 is 1. The van der Waals surface area contributed by atoms with E-state index in [1.165, 1.54) is 12.5 Å². The summed E-state index contributed by atoms with van der Waals surface area (Å²) in [5, 5.41) is 8.95. The number of carboxylic acid groups (broad SMARTS) is 1. The lowest BCUT2D eigenvalue weighted by Gasteiger charge is -2.03. The number of ether oxygens (including phenoxy) is 1. The Bertz CT molecular complexity index is 513. The molecule has 0 aliphatic carbocycles. The Morgan fingerprint density at radius 2 is 2.19 bits per heavy atom. The molecule has 0 radical (unpaired) electrons. The van der Waals surface area contributed by atoms with Gasteiger partial charge in [-0.25, -0.2) is 4.79 Å². The van der Waals surface area contributed by atoms with Gasteiger partial charge < -0.3 is 14.3 Å². The number of benzene rings is 1. The molecule has 0 fully saturated rings. The number of furan rings is 1. The maximum absolute atomic E-state index is 10.9. The molecule has 2 aromatic rings. The molecule has 1 heterocycles. The molecule has 4 nitrogen and oxygen atoms in total. The molecule has 82 valence electrons. The fraction of sp³-hybridized carbons (Fsp3) is 0.0833. The molecule has 0 bridgehead atoms. The van der Waals surface area contributed by atoms with Crippen LogP contribution < -0.4 is 4.74 Å². The zero-order valence-corrected chi connectivity index (χ0v) is 8.64. The third-order valence-electron chi connectivity index (χ3n) is 2.27. The van der Waals surface area contributed by atoms with E-state index < -0.39 is 5.97 Å². The summed E-state index contributed by atoms with van der Waals surface area (Å²) >= 11 is 0. The summed E-state index contributed by atoms with van der Waals surface area (Å²) in [7, 11) is 1.56. The molecule has 0 amide bonds. The van der Waals surface area contributed by atoms with Crippen LogP contribution in [0.5, 0.6) is 5.75 Å². The Kier molecular flexibility index (Phi) is 2.64. The molecule has 1 aromatic carbocycles. The van der Waals surface area contributed by atoms with Crippen LogP contribution in [-0.2, 0) is 0 Å². The van der Waals surface area contributed by atoms with Gasteiger partial charge in [-0.1, -0.05) is 12.1 Å². The molecule has 1 aromatic heterocycles. The van der Waals surface area contributed by atoms with Crippen LogP contribution in [-0.4, -0.2) is 18.2 Å². The first-order chi connectivity index (χ1) is 7.72. The summed E-state index contributed by atoms with van der Waals surface area (Å²) in [6.45, 7) is 0. The van der Waals surface area contributed by atoms with E-state index in [1.807, 2.05) is 0 Å². The molecule has 2 rings (SSSR count). The first-order valence-corrected chi connectivity index (χ1v) is 4.66. The van der Waals surface area contributed by atoms with Crippen molar-refractivity contribution in [1.82, 2.24) is 0 Å². The van der Waals surface area contributed by atoms with E-state index in [9.17, 15) is 4.79 Å². The highest BCUT2D eigenvalue weighted by Crippen LogP contribution is 2.27. The average molecular weight is 218 g/mol. The molecule has 0 spiro atoms. The van der Waals surface area contributed by atoms with Gasteiger partial charge >= 0.3 is 5.97 Å². The summed E-state index contributed by atoms with van der Waals surface area (Å²) in [6.07, 6.45) is 2.63. The predicted molar refractivity (Wildman–Crippen MR) is 57.7 cm³/mol. The van der Waals surface area contributed by atoms with Crippen molar-refractivity contribution in [1.29, 1.82) is 0 Å². The Hall–Kier alpha value is -2.23. The molecule has 1 N–H and O–H groups in total. The van der Waals surface area contributed by atoms with Crippen molar-refractivity contribution in [2.24, 2.45) is 0 Å². The van der Waals surface area contributed by atoms with Gasteiger partial charge in [0.25, 0.3) is 0 Å². The Labute approximate surface area is 92.1 Å². The van der Waals surface area contributed by atoms with Crippen LogP contribution in [0, 0.1) is 0 Å². The standard InChI is InChI=1S/C12H10O4/c1-15-9-4-2-3-8(5-9)10-6-16-7-11(10)12(13)14/h2-7H,1H3,(H,13,14). The van der Waals surface area contributed by atoms with Gasteiger partial charge in [0.05, 0.1) is 13.4 Å². The summed E-state index contributed by atoms with van der Waals surface area (Å²) in [5.41, 5.74) is 1.45. The highest BCUT2D eigenvalue weighted by atomic mass is 16.5. The molecular weight excluding hydrogens is 208 g/mol. The highest BCUT2D eigenvalue weighted by Gasteiger charge is 2.14. The highest BCUT2D eigenvalue weighted by molar-refractivity contribution is 5.95. The fourth-order valence-corrected chi connectivity index (χ4v) is 1.48. The number of hydrogen-bond acceptors (Lipinski definition) is 3. The summed E-state index contributed by atoms with van der Waals surface area (Å²) in [5.74, 6) is -0.332. The zero-order chi connectivity index (χ0) is 11.5. The summed E-state index contributed by atoms with van der Waals surface area (Å²) in [6, 6.07) is 7.16. The van der Waals surface area contributed by atoms with Crippen molar-refractivity contribution in [2.45, 2.75) is 0 Å². The van der Waals surface area contributed by atoms with E-state index in [0.717, 1.165) is 5.56 Å². The number of rotatable bonds is 3. The minimum atomic E-state index is -1.01. The van der Waals surface area contributed by atoms with E-state index in [-0.39, 0.29) is 5.56 Å². The van der Waals surface area contributed by atoms with Gasteiger partial charge in [-0.3, -0.25) is 0 Å². The molecule has 0 unspecified atom stereocenters. The van der Waals surface area contributed by atoms with E-state index in [0.29, 0.717) is 11.3 Å². The summed E-state index contributed by atoms with van der Waals surface area (Å²) in [4.78, 5) is 10.9. The lowest BCUT2D eigenvalue weighted by molar-refractivity contribution is 0.0697. The lowest BCUT2D eigenvalue weighted by Crippen LogP contribution is -1.95. The van der Waals surface area contributed by atoms with Gasteiger partial charge in [0.1, 0.15) is 17.6 Å². The van der Waals surface area contributed by atoms with Crippen molar-refractivity contribution < 1.29 is 19.1 Å². The molecule has 0 aliphatic rings. The second-order valence-electron chi connectivity index (χ2n) is 3.24.